The fourth-order valence-electron chi connectivity index (χ4n) is 3.61. The Morgan fingerprint density at radius 2 is 1.69 bits per heavy atom. The van der Waals surface area contributed by atoms with Gasteiger partial charge in [-0.3, -0.25) is 9.59 Å². The van der Waals surface area contributed by atoms with Crippen molar-refractivity contribution in [2.45, 2.75) is 31.3 Å². The van der Waals surface area contributed by atoms with Gasteiger partial charge in [-0.25, -0.2) is 8.42 Å². The van der Waals surface area contributed by atoms with Crippen molar-refractivity contribution in [3.63, 3.8) is 0 Å². The summed E-state index contributed by atoms with van der Waals surface area (Å²) in [6.07, 6.45) is 0. The summed E-state index contributed by atoms with van der Waals surface area (Å²) in [5, 5.41) is 5.16. The van der Waals surface area contributed by atoms with E-state index in [0.717, 1.165) is 15.1 Å². The molecule has 0 fully saturated rings. The number of rotatable bonds is 9. The van der Waals surface area contributed by atoms with Crippen LogP contribution in [0.3, 0.4) is 0 Å². The Morgan fingerprint density at radius 1 is 1.00 bits per heavy atom. The number of hydrogen-bond donors (Lipinski definition) is 1. The minimum Gasteiger partial charge on any atom is -0.355 e. The zero-order valence-electron chi connectivity index (χ0n) is 19.7. The molecule has 3 aromatic carbocycles. The number of carbonyl (C=O) groups is 2. The predicted octanol–water partition coefficient (Wildman–Crippen LogP) is 4.32. The van der Waals surface area contributed by atoms with Crippen molar-refractivity contribution < 1.29 is 18.0 Å². The molecule has 3 aromatic rings. The number of carbonyl (C=O) groups excluding carboxylic acids is 2. The van der Waals surface area contributed by atoms with Gasteiger partial charge in [0.25, 0.3) is 0 Å². The molecule has 1 atom stereocenters. The van der Waals surface area contributed by atoms with E-state index in [1.54, 1.807) is 44.2 Å². The first kappa shape index (κ1) is 26.9. The molecule has 0 aliphatic rings. The molecule has 1 N–H and O–H groups in total. The Kier molecular flexibility index (Phi) is 8.77. The van der Waals surface area contributed by atoms with Crippen LogP contribution in [0.25, 0.3) is 10.8 Å². The molecule has 0 unspecified atom stereocenters. The Labute approximate surface area is 215 Å². The lowest BCUT2D eigenvalue weighted by molar-refractivity contribution is -0.140. The molecule has 0 bridgehead atoms. The van der Waals surface area contributed by atoms with Gasteiger partial charge in [-0.2, -0.15) is 4.31 Å². The van der Waals surface area contributed by atoms with Crippen molar-refractivity contribution in [3.8, 4) is 0 Å². The predicted molar refractivity (Wildman–Crippen MR) is 139 cm³/mol. The number of halogens is 2. The van der Waals surface area contributed by atoms with Crippen LogP contribution >= 0.6 is 23.2 Å². The second-order valence-electron chi connectivity index (χ2n) is 8.10. The van der Waals surface area contributed by atoms with Gasteiger partial charge in [0.1, 0.15) is 6.04 Å². The van der Waals surface area contributed by atoms with Gasteiger partial charge in [-0.05, 0) is 54.4 Å². The molecule has 3 rings (SSSR count). The quantitative estimate of drug-likeness (QED) is 0.442. The van der Waals surface area contributed by atoms with Gasteiger partial charge < -0.3 is 10.2 Å². The summed E-state index contributed by atoms with van der Waals surface area (Å²) in [5.74, 6) is -0.896. The molecule has 0 aliphatic carbocycles. The first-order valence-corrected chi connectivity index (χ1v) is 13.2. The normalized spacial score (nSPS) is 12.5. The average Bonchev–Trinajstić information content (AvgIpc) is 2.82. The van der Waals surface area contributed by atoms with Crippen LogP contribution in [0, 0.1) is 0 Å². The fourth-order valence-corrected chi connectivity index (χ4v) is 5.24. The number of nitrogens with zero attached hydrogens (tertiary/aromatic N) is 2. The number of nitrogens with one attached hydrogen (secondary N) is 1. The largest absolute Gasteiger partial charge is 0.355 e. The van der Waals surface area contributed by atoms with Crippen molar-refractivity contribution >= 4 is 55.8 Å². The van der Waals surface area contributed by atoms with Gasteiger partial charge in [-0.15, -0.1) is 0 Å². The number of hydrogen-bond acceptors (Lipinski definition) is 4. The Hall–Kier alpha value is -2.65. The van der Waals surface area contributed by atoms with E-state index in [4.69, 9.17) is 23.2 Å². The molecular weight excluding hydrogens is 509 g/mol. The molecule has 0 aliphatic heterocycles. The second-order valence-corrected chi connectivity index (χ2v) is 11.0. The maximum atomic E-state index is 13.3. The fraction of sp³-hybridized carbons (Fsp3) is 0.280. The molecule has 0 aromatic heterocycles. The van der Waals surface area contributed by atoms with E-state index in [9.17, 15) is 18.0 Å². The van der Waals surface area contributed by atoms with E-state index in [2.05, 4.69) is 5.32 Å². The third-order valence-corrected chi connectivity index (χ3v) is 8.05. The van der Waals surface area contributed by atoms with Gasteiger partial charge in [0.15, 0.2) is 0 Å². The molecule has 0 saturated carbocycles. The Morgan fingerprint density at radius 3 is 2.34 bits per heavy atom. The van der Waals surface area contributed by atoms with Gasteiger partial charge in [0, 0.05) is 30.2 Å². The molecule has 2 amide bonds. The standard InChI is InChI=1S/C25H27Cl2N3O4S/c1-4-28-25(32)17(2)30(15-20-9-11-21(26)14-23(20)27)24(31)16-29(3)35(33,34)22-12-10-18-7-5-6-8-19(18)13-22/h5-14,17H,4,15-16H2,1-3H3,(H,28,32)/t17-/m0/s1. The van der Waals surface area contributed by atoms with E-state index < -0.39 is 28.5 Å². The molecule has 7 nitrogen and oxygen atoms in total. The van der Waals surface area contributed by atoms with Gasteiger partial charge in [0.2, 0.25) is 21.8 Å². The summed E-state index contributed by atoms with van der Waals surface area (Å²) < 4.78 is 27.4. The topological polar surface area (TPSA) is 86.8 Å². The highest BCUT2D eigenvalue weighted by Gasteiger charge is 2.30. The number of amides is 2. The number of sulfonamides is 1. The van der Waals surface area contributed by atoms with Crippen LogP contribution in [0.5, 0.6) is 0 Å². The van der Waals surface area contributed by atoms with E-state index in [-0.39, 0.29) is 17.3 Å². The number of benzene rings is 3. The minimum absolute atomic E-state index is 0.0109. The van der Waals surface area contributed by atoms with Crippen LogP contribution in [0.15, 0.2) is 65.6 Å². The molecule has 10 heteroatoms. The highest BCUT2D eigenvalue weighted by molar-refractivity contribution is 7.89. The molecule has 0 radical (unpaired) electrons. The monoisotopic (exact) mass is 535 g/mol. The minimum atomic E-state index is -3.96. The van der Waals surface area contributed by atoms with Crippen molar-refractivity contribution in [2.75, 3.05) is 20.1 Å². The molecule has 0 heterocycles. The van der Waals surface area contributed by atoms with Crippen LogP contribution in [0.4, 0.5) is 0 Å². The number of likely N-dealkylation sites (N-methyl/N-ethyl adjacent to an activating group) is 2. The summed E-state index contributed by atoms with van der Waals surface area (Å²) in [4.78, 5) is 27.3. The van der Waals surface area contributed by atoms with Crippen molar-refractivity contribution in [1.29, 1.82) is 0 Å². The van der Waals surface area contributed by atoms with Crippen LogP contribution in [0.2, 0.25) is 10.0 Å². The molecule has 35 heavy (non-hydrogen) atoms. The zero-order valence-corrected chi connectivity index (χ0v) is 22.0. The number of fused-ring (bicyclic) bond motifs is 1. The van der Waals surface area contributed by atoms with Crippen LogP contribution in [-0.4, -0.2) is 55.6 Å². The third-order valence-electron chi connectivity index (χ3n) is 5.66. The summed E-state index contributed by atoms with van der Waals surface area (Å²) in [7, 11) is -2.62. The highest BCUT2D eigenvalue weighted by Crippen LogP contribution is 2.24. The Balaban J connectivity index is 1.87. The highest BCUT2D eigenvalue weighted by atomic mass is 35.5. The van der Waals surface area contributed by atoms with E-state index in [0.29, 0.717) is 22.2 Å². The molecule has 0 spiro atoms. The smallest absolute Gasteiger partial charge is 0.243 e. The summed E-state index contributed by atoms with van der Waals surface area (Å²) in [6, 6.07) is 16.2. The van der Waals surface area contributed by atoms with Crippen LogP contribution in [0.1, 0.15) is 19.4 Å². The lowest BCUT2D eigenvalue weighted by Crippen LogP contribution is -2.50. The first-order chi connectivity index (χ1) is 16.5. The zero-order chi connectivity index (χ0) is 25.8. The first-order valence-electron chi connectivity index (χ1n) is 11.0. The molecular formula is C25H27Cl2N3O4S. The van der Waals surface area contributed by atoms with Crippen molar-refractivity contribution in [3.05, 3.63) is 76.3 Å². The van der Waals surface area contributed by atoms with Crippen LogP contribution < -0.4 is 5.32 Å². The third kappa shape index (κ3) is 6.32. The summed E-state index contributed by atoms with van der Waals surface area (Å²) >= 11 is 12.3. The molecule has 0 saturated heterocycles. The van der Waals surface area contributed by atoms with Crippen molar-refractivity contribution in [2.24, 2.45) is 0 Å². The van der Waals surface area contributed by atoms with Gasteiger partial charge >= 0.3 is 0 Å². The SMILES string of the molecule is CCNC(=O)[C@H](C)N(Cc1ccc(Cl)cc1Cl)C(=O)CN(C)S(=O)(=O)c1ccc2ccccc2c1. The second kappa shape index (κ2) is 11.4. The van der Waals surface area contributed by atoms with Gasteiger partial charge in [-0.1, -0.05) is 59.6 Å². The van der Waals surface area contributed by atoms with E-state index >= 15 is 0 Å². The summed E-state index contributed by atoms with van der Waals surface area (Å²) in [6.45, 7) is 3.31. The maximum absolute atomic E-state index is 13.3. The maximum Gasteiger partial charge on any atom is 0.243 e. The van der Waals surface area contributed by atoms with E-state index in [1.807, 2.05) is 24.3 Å². The summed E-state index contributed by atoms with van der Waals surface area (Å²) in [5.41, 5.74) is 0.584. The van der Waals surface area contributed by atoms with Crippen LogP contribution in [-0.2, 0) is 26.2 Å². The van der Waals surface area contributed by atoms with Crippen molar-refractivity contribution in [1.82, 2.24) is 14.5 Å². The lowest BCUT2D eigenvalue weighted by atomic mass is 10.1. The average molecular weight is 536 g/mol. The van der Waals surface area contributed by atoms with E-state index in [1.165, 1.54) is 18.0 Å². The lowest BCUT2D eigenvalue weighted by Gasteiger charge is -2.30. The Bertz CT molecular complexity index is 1350. The molecule has 186 valence electrons. The van der Waals surface area contributed by atoms with Gasteiger partial charge in [0.05, 0.1) is 11.4 Å².